The summed E-state index contributed by atoms with van der Waals surface area (Å²) in [7, 11) is -7.05. The van der Waals surface area contributed by atoms with Gasteiger partial charge in [0.2, 0.25) is 26.0 Å². The van der Waals surface area contributed by atoms with Gasteiger partial charge in [-0.2, -0.15) is 4.31 Å². The molecule has 0 aromatic heterocycles. The van der Waals surface area contributed by atoms with E-state index in [1.807, 2.05) is 26.0 Å². The maximum Gasteiger partial charge on any atom is 0.243 e. The van der Waals surface area contributed by atoms with Gasteiger partial charge in [-0.3, -0.25) is 9.10 Å². The number of aryl methyl sites for hydroxylation is 1. The van der Waals surface area contributed by atoms with Crippen LogP contribution in [0.4, 0.5) is 11.4 Å². The van der Waals surface area contributed by atoms with E-state index < -0.39 is 20.0 Å². The van der Waals surface area contributed by atoms with E-state index in [4.69, 9.17) is 0 Å². The molecule has 1 aliphatic heterocycles. The molecule has 0 aliphatic carbocycles. The fraction of sp³-hybridized carbons (Fsp3) is 0.480. The van der Waals surface area contributed by atoms with Crippen molar-refractivity contribution in [3.63, 3.8) is 0 Å². The second kappa shape index (κ2) is 11.5. The fourth-order valence-corrected chi connectivity index (χ4v) is 6.75. The standard InChI is InChI=1S/C25H35N3O5S2/c1-20-10-8-11-24(21(20)2)28(34(3,30)31)19-9-12-25(29)26-22-13-15-23(16-14-22)35(32,33)27-17-6-4-5-7-18-27/h8,10-11,13-16H,4-7,9,12,17-19H2,1-3H3,(H,26,29). The first-order valence-corrected chi connectivity index (χ1v) is 15.2. The maximum atomic E-state index is 12.9. The van der Waals surface area contributed by atoms with Gasteiger partial charge in [-0.25, -0.2) is 16.8 Å². The predicted octanol–water partition coefficient (Wildman–Crippen LogP) is 4.05. The Morgan fingerprint density at radius 3 is 2.17 bits per heavy atom. The number of anilines is 2. The molecule has 1 heterocycles. The average Bonchev–Trinajstić information content (AvgIpc) is 3.09. The number of nitrogens with one attached hydrogen (secondary N) is 1. The summed E-state index contributed by atoms with van der Waals surface area (Å²) in [6, 6.07) is 11.7. The lowest BCUT2D eigenvalue weighted by Crippen LogP contribution is -2.32. The van der Waals surface area contributed by atoms with Crippen molar-refractivity contribution in [2.75, 3.05) is 35.5 Å². The molecule has 35 heavy (non-hydrogen) atoms. The Kier molecular flexibility index (Phi) is 8.95. The Morgan fingerprint density at radius 2 is 1.57 bits per heavy atom. The average molecular weight is 522 g/mol. The Morgan fingerprint density at radius 1 is 0.943 bits per heavy atom. The van der Waals surface area contributed by atoms with Crippen molar-refractivity contribution < 1.29 is 21.6 Å². The van der Waals surface area contributed by atoms with Crippen LogP contribution in [0.5, 0.6) is 0 Å². The van der Waals surface area contributed by atoms with Crippen LogP contribution in [0.2, 0.25) is 0 Å². The Hall–Kier alpha value is -2.43. The number of sulfonamides is 2. The summed E-state index contributed by atoms with van der Waals surface area (Å²) in [5.41, 5.74) is 3.00. The highest BCUT2D eigenvalue weighted by atomic mass is 32.2. The van der Waals surface area contributed by atoms with E-state index in [9.17, 15) is 21.6 Å². The zero-order valence-corrected chi connectivity index (χ0v) is 22.3. The van der Waals surface area contributed by atoms with Crippen LogP contribution in [-0.2, 0) is 24.8 Å². The van der Waals surface area contributed by atoms with Gasteiger partial charge in [-0.1, -0.05) is 25.0 Å². The Bertz CT molecular complexity index is 1230. The second-order valence-corrected chi connectivity index (χ2v) is 12.9. The van der Waals surface area contributed by atoms with E-state index in [2.05, 4.69) is 5.32 Å². The molecule has 0 unspecified atom stereocenters. The third kappa shape index (κ3) is 7.05. The largest absolute Gasteiger partial charge is 0.326 e. The number of hydrogen-bond acceptors (Lipinski definition) is 5. The molecule has 1 saturated heterocycles. The monoisotopic (exact) mass is 521 g/mol. The van der Waals surface area contributed by atoms with Crippen LogP contribution in [0.3, 0.4) is 0 Å². The first-order valence-electron chi connectivity index (χ1n) is 11.9. The van der Waals surface area contributed by atoms with Crippen LogP contribution < -0.4 is 9.62 Å². The number of nitrogens with zero attached hydrogens (tertiary/aromatic N) is 2. The molecule has 0 radical (unpaired) electrons. The minimum Gasteiger partial charge on any atom is -0.326 e. The van der Waals surface area contributed by atoms with E-state index >= 15 is 0 Å². The molecule has 1 fully saturated rings. The molecule has 1 N–H and O–H groups in total. The third-order valence-corrected chi connectivity index (χ3v) is 9.44. The summed E-state index contributed by atoms with van der Waals surface area (Å²) in [6.07, 6.45) is 5.46. The lowest BCUT2D eigenvalue weighted by Gasteiger charge is -2.25. The van der Waals surface area contributed by atoms with Gasteiger partial charge < -0.3 is 5.32 Å². The molecule has 0 saturated carbocycles. The van der Waals surface area contributed by atoms with Gasteiger partial charge >= 0.3 is 0 Å². The summed E-state index contributed by atoms with van der Waals surface area (Å²) >= 11 is 0. The molecule has 2 aromatic carbocycles. The second-order valence-electron chi connectivity index (χ2n) is 9.05. The topological polar surface area (TPSA) is 104 Å². The minimum absolute atomic E-state index is 0.130. The van der Waals surface area contributed by atoms with E-state index in [1.54, 1.807) is 18.2 Å². The van der Waals surface area contributed by atoms with Gasteiger partial charge in [0.25, 0.3) is 0 Å². The van der Waals surface area contributed by atoms with Gasteiger partial charge in [0, 0.05) is 31.7 Å². The summed E-state index contributed by atoms with van der Waals surface area (Å²) < 4.78 is 53.5. The first-order chi connectivity index (χ1) is 16.5. The van der Waals surface area contributed by atoms with Crippen LogP contribution in [0.15, 0.2) is 47.4 Å². The number of hydrogen-bond donors (Lipinski definition) is 1. The van der Waals surface area contributed by atoms with Gasteiger partial charge in [-0.05, 0) is 74.6 Å². The van der Waals surface area contributed by atoms with Crippen LogP contribution in [0.25, 0.3) is 0 Å². The summed E-state index contributed by atoms with van der Waals surface area (Å²) in [4.78, 5) is 12.7. The first kappa shape index (κ1) is 27.2. The smallest absolute Gasteiger partial charge is 0.243 e. The van der Waals surface area contributed by atoms with E-state index in [-0.39, 0.29) is 23.8 Å². The van der Waals surface area contributed by atoms with Crippen LogP contribution in [0, 0.1) is 13.8 Å². The molecule has 3 rings (SSSR count). The number of benzene rings is 2. The molecule has 10 heteroatoms. The zero-order valence-electron chi connectivity index (χ0n) is 20.7. The quantitative estimate of drug-likeness (QED) is 0.536. The van der Waals surface area contributed by atoms with Crippen LogP contribution in [-0.4, -0.2) is 52.9 Å². The Balaban J connectivity index is 1.59. The van der Waals surface area contributed by atoms with Gasteiger partial charge in [-0.15, -0.1) is 0 Å². The number of carbonyl (C=O) groups excluding carboxylic acids is 1. The molecule has 1 amide bonds. The summed E-state index contributed by atoms with van der Waals surface area (Å²) in [5.74, 6) is -0.262. The molecule has 8 nitrogen and oxygen atoms in total. The third-order valence-electron chi connectivity index (χ3n) is 6.35. The van der Waals surface area contributed by atoms with Crippen molar-refractivity contribution in [3.05, 3.63) is 53.6 Å². The van der Waals surface area contributed by atoms with Crippen molar-refractivity contribution in [2.45, 2.75) is 57.3 Å². The van der Waals surface area contributed by atoms with Crippen molar-refractivity contribution in [1.29, 1.82) is 0 Å². The predicted molar refractivity (Wildman–Crippen MR) is 140 cm³/mol. The van der Waals surface area contributed by atoms with Crippen molar-refractivity contribution in [1.82, 2.24) is 4.31 Å². The molecule has 0 spiro atoms. The number of carbonyl (C=O) groups is 1. The number of amides is 1. The molecule has 0 atom stereocenters. The van der Waals surface area contributed by atoms with E-state index in [0.717, 1.165) is 43.1 Å². The lowest BCUT2D eigenvalue weighted by molar-refractivity contribution is -0.116. The van der Waals surface area contributed by atoms with Gasteiger partial charge in [0.15, 0.2) is 0 Å². The van der Waals surface area contributed by atoms with Crippen molar-refractivity contribution in [3.8, 4) is 0 Å². The summed E-state index contributed by atoms with van der Waals surface area (Å²) in [6.45, 7) is 5.06. The molecule has 0 bridgehead atoms. The highest BCUT2D eigenvalue weighted by Gasteiger charge is 2.25. The minimum atomic E-state index is -3.54. The highest BCUT2D eigenvalue weighted by molar-refractivity contribution is 7.92. The molecule has 192 valence electrons. The number of rotatable bonds is 9. The van der Waals surface area contributed by atoms with Gasteiger partial charge in [0.05, 0.1) is 16.8 Å². The van der Waals surface area contributed by atoms with E-state index in [0.29, 0.717) is 30.9 Å². The van der Waals surface area contributed by atoms with Crippen molar-refractivity contribution >= 4 is 37.3 Å². The van der Waals surface area contributed by atoms with Crippen molar-refractivity contribution in [2.24, 2.45) is 0 Å². The van der Waals surface area contributed by atoms with E-state index in [1.165, 1.54) is 20.7 Å². The van der Waals surface area contributed by atoms with Gasteiger partial charge in [0.1, 0.15) is 0 Å². The molecule has 1 aliphatic rings. The fourth-order valence-electron chi connectivity index (χ4n) is 4.22. The molecule has 2 aromatic rings. The van der Waals surface area contributed by atoms with Crippen LogP contribution in [0.1, 0.15) is 49.7 Å². The lowest BCUT2D eigenvalue weighted by atomic mass is 10.1. The molecular formula is C25H35N3O5S2. The normalized spacial score (nSPS) is 15.4. The zero-order chi connectivity index (χ0) is 25.6. The maximum absolute atomic E-state index is 12.9. The molecular weight excluding hydrogens is 486 g/mol. The summed E-state index contributed by atoms with van der Waals surface area (Å²) in [5, 5.41) is 2.77. The highest BCUT2D eigenvalue weighted by Crippen LogP contribution is 2.26. The SMILES string of the molecule is Cc1cccc(N(CCCC(=O)Nc2ccc(S(=O)(=O)N3CCCCCC3)cc2)S(C)(=O)=O)c1C. The van der Waals surface area contributed by atoms with Crippen LogP contribution >= 0.6 is 0 Å². The Labute approximate surface area is 209 Å².